The summed E-state index contributed by atoms with van der Waals surface area (Å²) < 4.78 is 10.1. The average Bonchev–Trinajstić information content (AvgIpc) is 2.10. The molecule has 0 aromatic rings. The van der Waals surface area contributed by atoms with Gasteiger partial charge in [0.15, 0.2) is 0 Å². The van der Waals surface area contributed by atoms with E-state index >= 15 is 0 Å². The van der Waals surface area contributed by atoms with Crippen molar-refractivity contribution in [2.75, 3.05) is 19.8 Å². The van der Waals surface area contributed by atoms with E-state index in [2.05, 4.69) is 0 Å². The van der Waals surface area contributed by atoms with Crippen LogP contribution in [-0.2, 0) is 14.3 Å². The Morgan fingerprint density at radius 1 is 1.31 bits per heavy atom. The largest absolute Gasteiger partial charge is 0.463 e. The fourth-order valence-electron chi connectivity index (χ4n) is 0.665. The standard InChI is InChI=1S/C9H19NO3/c1-7(2)12-4-5-13-9(11)8(3)6-10/h7-8H,4-6,10H2,1-3H3. The molecule has 2 N–H and O–H groups in total. The molecule has 0 heterocycles. The van der Waals surface area contributed by atoms with Crippen LogP contribution in [0.1, 0.15) is 20.8 Å². The zero-order chi connectivity index (χ0) is 10.3. The Morgan fingerprint density at radius 3 is 2.38 bits per heavy atom. The fourth-order valence-corrected chi connectivity index (χ4v) is 0.665. The second-order valence-corrected chi connectivity index (χ2v) is 3.22. The molecule has 0 radical (unpaired) electrons. The molecule has 1 unspecified atom stereocenters. The number of ether oxygens (including phenoxy) is 2. The minimum Gasteiger partial charge on any atom is -0.463 e. The van der Waals surface area contributed by atoms with E-state index in [0.29, 0.717) is 19.8 Å². The number of hydrogen-bond donors (Lipinski definition) is 1. The first-order chi connectivity index (χ1) is 6.07. The molecule has 0 aliphatic rings. The van der Waals surface area contributed by atoms with Crippen LogP contribution in [0.3, 0.4) is 0 Å². The van der Waals surface area contributed by atoms with Gasteiger partial charge in [0, 0.05) is 6.54 Å². The second kappa shape index (κ2) is 6.86. The first kappa shape index (κ1) is 12.4. The molecule has 0 aliphatic heterocycles. The zero-order valence-electron chi connectivity index (χ0n) is 8.58. The molecule has 0 saturated carbocycles. The Morgan fingerprint density at radius 2 is 1.92 bits per heavy atom. The lowest BCUT2D eigenvalue weighted by Crippen LogP contribution is -2.24. The van der Waals surface area contributed by atoms with E-state index in [-0.39, 0.29) is 18.0 Å². The molecule has 0 aromatic heterocycles. The summed E-state index contributed by atoms with van der Waals surface area (Å²) in [7, 11) is 0. The first-order valence-corrected chi connectivity index (χ1v) is 4.56. The van der Waals surface area contributed by atoms with Crippen molar-refractivity contribution in [3.63, 3.8) is 0 Å². The van der Waals surface area contributed by atoms with Gasteiger partial charge in [0.2, 0.25) is 0 Å². The quantitative estimate of drug-likeness (QED) is 0.489. The monoisotopic (exact) mass is 189 g/mol. The van der Waals surface area contributed by atoms with E-state index in [9.17, 15) is 4.79 Å². The Kier molecular flexibility index (Phi) is 6.54. The van der Waals surface area contributed by atoms with Gasteiger partial charge in [-0.2, -0.15) is 0 Å². The number of hydrogen-bond acceptors (Lipinski definition) is 4. The highest BCUT2D eigenvalue weighted by atomic mass is 16.6. The van der Waals surface area contributed by atoms with Crippen molar-refractivity contribution in [3.05, 3.63) is 0 Å². The number of carbonyl (C=O) groups is 1. The van der Waals surface area contributed by atoms with Gasteiger partial charge in [-0.3, -0.25) is 4.79 Å². The lowest BCUT2D eigenvalue weighted by molar-refractivity contribution is -0.149. The van der Waals surface area contributed by atoms with Gasteiger partial charge < -0.3 is 15.2 Å². The predicted octanol–water partition coefficient (Wildman–Crippen LogP) is 0.549. The molecule has 0 bridgehead atoms. The number of carbonyl (C=O) groups excluding carboxylic acids is 1. The Hall–Kier alpha value is -0.610. The molecule has 0 fully saturated rings. The van der Waals surface area contributed by atoms with Crippen molar-refractivity contribution < 1.29 is 14.3 Å². The molecule has 78 valence electrons. The maximum Gasteiger partial charge on any atom is 0.310 e. The smallest absolute Gasteiger partial charge is 0.310 e. The van der Waals surface area contributed by atoms with Gasteiger partial charge in [0.05, 0.1) is 18.6 Å². The SMILES string of the molecule is CC(C)OCCOC(=O)C(C)CN. The van der Waals surface area contributed by atoms with E-state index in [1.807, 2.05) is 13.8 Å². The lowest BCUT2D eigenvalue weighted by Gasteiger charge is -2.10. The molecular weight excluding hydrogens is 170 g/mol. The van der Waals surface area contributed by atoms with Gasteiger partial charge in [-0.05, 0) is 13.8 Å². The predicted molar refractivity (Wildman–Crippen MR) is 50.3 cm³/mol. The van der Waals surface area contributed by atoms with Gasteiger partial charge in [0.25, 0.3) is 0 Å². The summed E-state index contributed by atoms with van der Waals surface area (Å²) >= 11 is 0. The molecular formula is C9H19NO3. The Bertz CT molecular complexity index is 148. The van der Waals surface area contributed by atoms with Crippen LogP contribution in [0.15, 0.2) is 0 Å². The van der Waals surface area contributed by atoms with Gasteiger partial charge in [-0.25, -0.2) is 0 Å². The van der Waals surface area contributed by atoms with Crippen molar-refractivity contribution in [3.8, 4) is 0 Å². The molecule has 4 nitrogen and oxygen atoms in total. The van der Waals surface area contributed by atoms with E-state index < -0.39 is 0 Å². The van der Waals surface area contributed by atoms with Crippen molar-refractivity contribution in [1.29, 1.82) is 0 Å². The highest BCUT2D eigenvalue weighted by molar-refractivity contribution is 5.72. The van der Waals surface area contributed by atoms with Crippen LogP contribution in [0.4, 0.5) is 0 Å². The van der Waals surface area contributed by atoms with Crippen molar-refractivity contribution in [2.24, 2.45) is 11.7 Å². The van der Waals surface area contributed by atoms with Crippen LogP contribution >= 0.6 is 0 Å². The minimum atomic E-state index is -0.255. The molecule has 4 heteroatoms. The van der Waals surface area contributed by atoms with Crippen molar-refractivity contribution in [2.45, 2.75) is 26.9 Å². The highest BCUT2D eigenvalue weighted by Gasteiger charge is 2.11. The maximum absolute atomic E-state index is 11.1. The molecule has 1 atom stereocenters. The van der Waals surface area contributed by atoms with Crippen LogP contribution in [0.5, 0.6) is 0 Å². The molecule has 0 aromatic carbocycles. The third kappa shape index (κ3) is 6.54. The summed E-state index contributed by atoms with van der Waals surface area (Å²) in [5.74, 6) is -0.478. The van der Waals surface area contributed by atoms with Crippen molar-refractivity contribution in [1.82, 2.24) is 0 Å². The number of rotatable bonds is 6. The molecule has 0 aliphatic carbocycles. The molecule has 0 saturated heterocycles. The maximum atomic E-state index is 11.1. The van der Waals surface area contributed by atoms with Crippen molar-refractivity contribution >= 4 is 5.97 Å². The number of nitrogens with two attached hydrogens (primary N) is 1. The first-order valence-electron chi connectivity index (χ1n) is 4.56. The second-order valence-electron chi connectivity index (χ2n) is 3.22. The average molecular weight is 189 g/mol. The van der Waals surface area contributed by atoms with Crippen LogP contribution in [-0.4, -0.2) is 31.8 Å². The zero-order valence-corrected chi connectivity index (χ0v) is 8.58. The summed E-state index contributed by atoms with van der Waals surface area (Å²) in [6.45, 7) is 6.69. The molecule has 0 rings (SSSR count). The van der Waals surface area contributed by atoms with Crippen LogP contribution in [0.25, 0.3) is 0 Å². The summed E-state index contributed by atoms with van der Waals surface area (Å²) in [5.41, 5.74) is 5.29. The summed E-state index contributed by atoms with van der Waals surface area (Å²) in [4.78, 5) is 11.1. The van der Waals surface area contributed by atoms with Crippen LogP contribution in [0.2, 0.25) is 0 Å². The van der Waals surface area contributed by atoms with Gasteiger partial charge in [-0.1, -0.05) is 6.92 Å². The van der Waals surface area contributed by atoms with Crippen LogP contribution < -0.4 is 5.73 Å². The molecule has 0 amide bonds. The summed E-state index contributed by atoms with van der Waals surface area (Å²) in [6, 6.07) is 0. The summed E-state index contributed by atoms with van der Waals surface area (Å²) in [6.07, 6.45) is 0.172. The fraction of sp³-hybridized carbons (Fsp3) is 0.889. The molecule has 13 heavy (non-hydrogen) atoms. The Balaban J connectivity index is 3.37. The van der Waals surface area contributed by atoms with E-state index in [1.165, 1.54) is 0 Å². The number of esters is 1. The third-order valence-corrected chi connectivity index (χ3v) is 1.53. The van der Waals surface area contributed by atoms with E-state index in [0.717, 1.165) is 0 Å². The topological polar surface area (TPSA) is 61.5 Å². The third-order valence-electron chi connectivity index (χ3n) is 1.53. The minimum absolute atomic E-state index is 0.172. The van der Waals surface area contributed by atoms with E-state index in [1.54, 1.807) is 6.92 Å². The van der Waals surface area contributed by atoms with E-state index in [4.69, 9.17) is 15.2 Å². The van der Waals surface area contributed by atoms with Gasteiger partial charge in [0.1, 0.15) is 6.61 Å². The van der Waals surface area contributed by atoms with Gasteiger partial charge >= 0.3 is 5.97 Å². The lowest BCUT2D eigenvalue weighted by atomic mass is 10.2. The summed E-state index contributed by atoms with van der Waals surface area (Å²) in [5, 5.41) is 0. The Labute approximate surface area is 79.4 Å². The normalized spacial score (nSPS) is 13.0. The highest BCUT2D eigenvalue weighted by Crippen LogP contribution is 1.95. The molecule has 0 spiro atoms. The van der Waals surface area contributed by atoms with Crippen LogP contribution in [0, 0.1) is 5.92 Å². The van der Waals surface area contributed by atoms with Gasteiger partial charge in [-0.15, -0.1) is 0 Å².